The van der Waals surface area contributed by atoms with Crippen LogP contribution in [0.15, 0.2) is 24.3 Å². The highest BCUT2D eigenvalue weighted by molar-refractivity contribution is 7.80. The number of rotatable bonds is 8. The third-order valence-corrected chi connectivity index (χ3v) is 5.26. The summed E-state index contributed by atoms with van der Waals surface area (Å²) in [5.41, 5.74) is 0.728. The monoisotopic (exact) mass is 463 g/mol. The van der Waals surface area contributed by atoms with E-state index in [-0.39, 0.29) is 23.5 Å². The summed E-state index contributed by atoms with van der Waals surface area (Å²) in [5.74, 6) is -0.172. The number of nitrogens with one attached hydrogen (secondary N) is 2. The van der Waals surface area contributed by atoms with Crippen molar-refractivity contribution < 1.29 is 28.6 Å². The largest absolute Gasteiger partial charge is 0.493 e. The Kier molecular flexibility index (Phi) is 9.45. The van der Waals surface area contributed by atoms with Gasteiger partial charge in [0.2, 0.25) is 11.8 Å². The normalized spacial score (nSPS) is 16.8. The van der Waals surface area contributed by atoms with Gasteiger partial charge in [-0.05, 0) is 49.3 Å². The Morgan fingerprint density at radius 1 is 1.31 bits per heavy atom. The first-order chi connectivity index (χ1) is 15.3. The predicted octanol–water partition coefficient (Wildman–Crippen LogP) is 1.65. The van der Waals surface area contributed by atoms with Crippen molar-refractivity contribution in [2.45, 2.75) is 38.8 Å². The van der Waals surface area contributed by atoms with Crippen LogP contribution in [0.2, 0.25) is 0 Å². The molecule has 32 heavy (non-hydrogen) atoms. The lowest BCUT2D eigenvalue weighted by Gasteiger charge is -2.36. The van der Waals surface area contributed by atoms with Gasteiger partial charge >= 0.3 is 5.97 Å². The zero-order valence-corrected chi connectivity index (χ0v) is 19.5. The maximum Gasteiger partial charge on any atom is 0.308 e. The number of hydrogen-bond donors (Lipinski definition) is 2. The number of thiocarbonyl (C=S) groups is 1. The van der Waals surface area contributed by atoms with Crippen LogP contribution in [0, 0.1) is 0 Å². The lowest BCUT2D eigenvalue weighted by Crippen LogP contribution is -2.60. The van der Waals surface area contributed by atoms with Gasteiger partial charge in [-0.1, -0.05) is 13.0 Å². The number of amides is 2. The topological polar surface area (TPSA) is 106 Å². The molecule has 10 heteroatoms. The van der Waals surface area contributed by atoms with Crippen LogP contribution in [0.4, 0.5) is 0 Å². The number of ether oxygens (including phenoxy) is 3. The molecule has 0 aromatic heterocycles. The molecule has 0 radical (unpaired) electrons. The van der Waals surface area contributed by atoms with Gasteiger partial charge in [-0.25, -0.2) is 0 Å². The Bertz CT molecular complexity index is 888. The molecule has 2 amide bonds. The summed E-state index contributed by atoms with van der Waals surface area (Å²) in [4.78, 5) is 38.4. The Hall–Kier alpha value is -3.14. The van der Waals surface area contributed by atoms with E-state index in [0.717, 1.165) is 5.56 Å². The van der Waals surface area contributed by atoms with Gasteiger partial charge in [-0.3, -0.25) is 19.7 Å². The molecule has 0 spiro atoms. The molecule has 9 nitrogen and oxygen atoms in total. The average molecular weight is 464 g/mol. The predicted molar refractivity (Wildman–Crippen MR) is 123 cm³/mol. The lowest BCUT2D eigenvalue weighted by molar-refractivity contribution is -0.151. The van der Waals surface area contributed by atoms with Crippen molar-refractivity contribution in [3.05, 3.63) is 29.8 Å². The zero-order chi connectivity index (χ0) is 23.7. The molecule has 2 atom stereocenters. The van der Waals surface area contributed by atoms with E-state index in [1.807, 2.05) is 6.92 Å². The third-order valence-electron chi connectivity index (χ3n) is 4.92. The highest BCUT2D eigenvalue weighted by Crippen LogP contribution is 2.27. The van der Waals surface area contributed by atoms with Crippen LogP contribution in [0.5, 0.6) is 11.5 Å². The van der Waals surface area contributed by atoms with E-state index in [2.05, 4.69) is 10.6 Å². The van der Waals surface area contributed by atoms with Crippen molar-refractivity contribution in [2.75, 3.05) is 27.3 Å². The van der Waals surface area contributed by atoms with Gasteiger partial charge in [0.05, 0.1) is 26.7 Å². The van der Waals surface area contributed by atoms with Gasteiger partial charge in [0.1, 0.15) is 6.04 Å². The molecule has 0 bridgehead atoms. The minimum absolute atomic E-state index is 0.0724. The second-order valence-electron chi connectivity index (χ2n) is 7.16. The van der Waals surface area contributed by atoms with Crippen molar-refractivity contribution in [3.63, 3.8) is 0 Å². The van der Waals surface area contributed by atoms with Gasteiger partial charge in [0, 0.05) is 19.2 Å². The second-order valence-corrected chi connectivity index (χ2v) is 7.54. The van der Waals surface area contributed by atoms with Crippen LogP contribution < -0.4 is 20.1 Å². The van der Waals surface area contributed by atoms with Crippen LogP contribution in [0.1, 0.15) is 32.3 Å². The molecule has 174 valence electrons. The molecular formula is C22H29N3O6S. The minimum atomic E-state index is -0.845. The van der Waals surface area contributed by atoms with Crippen molar-refractivity contribution >= 4 is 41.2 Å². The van der Waals surface area contributed by atoms with Crippen LogP contribution in [0.25, 0.3) is 6.08 Å². The standard InChI is InChI=1S/C22H29N3O6S/c1-5-14(2)31-20(27)13-16-21(28)23-10-11-25(16)22(32)24-19(26)9-7-15-6-8-17(29-3)18(12-15)30-4/h6-9,12,14,16H,5,10-11,13H2,1-4H3,(H,23,28)(H,24,26,32)/b9-7+. The maximum absolute atomic E-state index is 12.4. The fraction of sp³-hybridized carbons (Fsp3) is 0.455. The van der Waals surface area contributed by atoms with E-state index < -0.39 is 17.9 Å². The summed E-state index contributed by atoms with van der Waals surface area (Å²) in [6.45, 7) is 4.41. The zero-order valence-electron chi connectivity index (χ0n) is 18.7. The molecular weight excluding hydrogens is 434 g/mol. The van der Waals surface area contributed by atoms with Crippen LogP contribution in [-0.2, 0) is 19.1 Å². The van der Waals surface area contributed by atoms with Gasteiger partial charge < -0.3 is 24.4 Å². The second kappa shape index (κ2) is 12.0. The van der Waals surface area contributed by atoms with E-state index in [0.29, 0.717) is 31.0 Å². The number of nitrogens with zero attached hydrogens (tertiary/aromatic N) is 1. The highest BCUT2D eigenvalue weighted by Gasteiger charge is 2.34. The Morgan fingerprint density at radius 2 is 2.03 bits per heavy atom. The Labute approximate surface area is 193 Å². The molecule has 2 rings (SSSR count). The molecule has 1 aliphatic rings. The summed E-state index contributed by atoms with van der Waals surface area (Å²) in [5, 5.41) is 5.38. The first-order valence-electron chi connectivity index (χ1n) is 10.3. The molecule has 1 heterocycles. The van der Waals surface area contributed by atoms with E-state index in [1.54, 1.807) is 38.3 Å². The molecule has 2 N–H and O–H groups in total. The summed E-state index contributed by atoms with van der Waals surface area (Å²) in [7, 11) is 3.07. The number of esters is 1. The smallest absolute Gasteiger partial charge is 0.308 e. The maximum atomic E-state index is 12.4. The molecule has 2 unspecified atom stereocenters. The number of piperazine rings is 1. The van der Waals surface area contributed by atoms with E-state index in [1.165, 1.54) is 18.1 Å². The van der Waals surface area contributed by atoms with E-state index in [4.69, 9.17) is 26.4 Å². The number of carbonyl (C=O) groups excluding carboxylic acids is 3. The minimum Gasteiger partial charge on any atom is -0.493 e. The molecule has 1 saturated heterocycles. The quantitative estimate of drug-likeness (QED) is 0.341. The fourth-order valence-corrected chi connectivity index (χ4v) is 3.34. The van der Waals surface area contributed by atoms with Gasteiger partial charge in [-0.2, -0.15) is 0 Å². The molecule has 0 saturated carbocycles. The fourth-order valence-electron chi connectivity index (χ4n) is 3.02. The van der Waals surface area contributed by atoms with Crippen molar-refractivity contribution in [3.8, 4) is 11.5 Å². The van der Waals surface area contributed by atoms with E-state index >= 15 is 0 Å². The van der Waals surface area contributed by atoms with Gasteiger partial charge in [-0.15, -0.1) is 0 Å². The van der Waals surface area contributed by atoms with Gasteiger partial charge in [0.25, 0.3) is 0 Å². The van der Waals surface area contributed by atoms with Crippen molar-refractivity contribution in [1.82, 2.24) is 15.5 Å². The number of benzene rings is 1. The number of carbonyl (C=O) groups is 3. The third kappa shape index (κ3) is 6.94. The summed E-state index contributed by atoms with van der Waals surface area (Å²) >= 11 is 5.34. The first kappa shape index (κ1) is 25.1. The SMILES string of the molecule is CCC(C)OC(=O)CC1C(=O)NCCN1C(=S)NC(=O)/C=C/c1ccc(OC)c(OC)c1. The van der Waals surface area contributed by atoms with Gasteiger partial charge in [0.15, 0.2) is 16.6 Å². The van der Waals surface area contributed by atoms with Crippen molar-refractivity contribution in [2.24, 2.45) is 0 Å². The number of methoxy groups -OCH3 is 2. The van der Waals surface area contributed by atoms with Crippen LogP contribution >= 0.6 is 12.2 Å². The Balaban J connectivity index is 2.02. The average Bonchev–Trinajstić information content (AvgIpc) is 2.78. The Morgan fingerprint density at radius 3 is 2.69 bits per heavy atom. The van der Waals surface area contributed by atoms with Crippen LogP contribution in [0.3, 0.4) is 0 Å². The molecule has 1 fully saturated rings. The van der Waals surface area contributed by atoms with E-state index in [9.17, 15) is 14.4 Å². The molecule has 0 aliphatic carbocycles. The van der Waals surface area contributed by atoms with Crippen molar-refractivity contribution in [1.29, 1.82) is 0 Å². The summed E-state index contributed by atoms with van der Waals surface area (Å²) < 4.78 is 15.7. The number of hydrogen-bond acceptors (Lipinski definition) is 7. The summed E-state index contributed by atoms with van der Waals surface area (Å²) in [6, 6.07) is 4.39. The summed E-state index contributed by atoms with van der Waals surface area (Å²) in [6.07, 6.45) is 3.20. The molecule has 1 aliphatic heterocycles. The van der Waals surface area contributed by atoms with Crippen LogP contribution in [-0.4, -0.2) is 67.3 Å². The molecule has 1 aromatic rings. The highest BCUT2D eigenvalue weighted by atomic mass is 32.1. The lowest BCUT2D eigenvalue weighted by atomic mass is 10.1. The first-order valence-corrected chi connectivity index (χ1v) is 10.7. The molecule has 1 aromatic carbocycles.